The number of nitrogen functional groups attached to an aromatic ring is 1. The third-order valence-electron chi connectivity index (χ3n) is 3.41. The fourth-order valence-corrected chi connectivity index (χ4v) is 2.32. The van der Waals surface area contributed by atoms with Crippen molar-refractivity contribution < 1.29 is 0 Å². The average Bonchev–Trinajstić information content (AvgIpc) is 2.32. The van der Waals surface area contributed by atoms with E-state index in [0.29, 0.717) is 0 Å². The molecule has 0 aromatic heterocycles. The van der Waals surface area contributed by atoms with Crippen molar-refractivity contribution in [3.05, 3.63) is 58.7 Å². The van der Waals surface area contributed by atoms with Crippen molar-refractivity contribution in [2.24, 2.45) is 0 Å². The third-order valence-corrected chi connectivity index (χ3v) is 3.41. The van der Waals surface area contributed by atoms with Gasteiger partial charge in [0.05, 0.1) is 0 Å². The Morgan fingerprint density at radius 1 is 0.947 bits per heavy atom. The molecule has 2 rings (SSSR count). The first-order valence-electron chi connectivity index (χ1n) is 6.60. The fourth-order valence-electron chi connectivity index (χ4n) is 2.32. The number of nitrogens with zero attached hydrogens (tertiary/aromatic N) is 1. The number of anilines is 2. The highest BCUT2D eigenvalue weighted by atomic mass is 15.1. The van der Waals surface area contributed by atoms with Gasteiger partial charge in [0.15, 0.2) is 0 Å². The van der Waals surface area contributed by atoms with Crippen LogP contribution in [-0.2, 0) is 6.54 Å². The van der Waals surface area contributed by atoms with Gasteiger partial charge in [-0.25, -0.2) is 0 Å². The monoisotopic (exact) mass is 254 g/mol. The van der Waals surface area contributed by atoms with Crippen molar-refractivity contribution in [2.45, 2.75) is 27.3 Å². The summed E-state index contributed by atoms with van der Waals surface area (Å²) in [5.41, 5.74) is 13.0. The molecule has 0 saturated carbocycles. The molecule has 2 aromatic carbocycles. The second-order valence-corrected chi connectivity index (χ2v) is 5.39. The van der Waals surface area contributed by atoms with Crippen LogP contribution in [-0.4, -0.2) is 7.05 Å². The summed E-state index contributed by atoms with van der Waals surface area (Å²) in [5.74, 6) is 0. The van der Waals surface area contributed by atoms with E-state index in [1.165, 1.54) is 22.4 Å². The predicted octanol–water partition coefficient (Wildman–Crippen LogP) is 3.83. The maximum Gasteiger partial charge on any atom is 0.0426 e. The van der Waals surface area contributed by atoms with Gasteiger partial charge < -0.3 is 10.6 Å². The van der Waals surface area contributed by atoms with Crippen LogP contribution in [0.3, 0.4) is 0 Å². The number of rotatable bonds is 3. The van der Waals surface area contributed by atoms with E-state index >= 15 is 0 Å². The molecule has 0 aliphatic heterocycles. The zero-order chi connectivity index (χ0) is 14.0. The number of benzene rings is 2. The molecule has 0 saturated heterocycles. The molecule has 2 heteroatoms. The zero-order valence-corrected chi connectivity index (χ0v) is 12.2. The van der Waals surface area contributed by atoms with Gasteiger partial charge in [-0.3, -0.25) is 0 Å². The van der Waals surface area contributed by atoms with Crippen molar-refractivity contribution in [2.75, 3.05) is 17.7 Å². The first-order chi connectivity index (χ1) is 8.95. The van der Waals surface area contributed by atoms with Gasteiger partial charge in [0, 0.05) is 25.0 Å². The largest absolute Gasteiger partial charge is 0.399 e. The second kappa shape index (κ2) is 5.35. The summed E-state index contributed by atoms with van der Waals surface area (Å²) >= 11 is 0. The Labute approximate surface area is 115 Å². The Hall–Kier alpha value is -1.96. The molecule has 0 spiro atoms. The molecule has 100 valence electrons. The van der Waals surface area contributed by atoms with Crippen molar-refractivity contribution in [1.82, 2.24) is 0 Å². The van der Waals surface area contributed by atoms with Gasteiger partial charge in [-0.1, -0.05) is 18.2 Å². The first-order valence-corrected chi connectivity index (χ1v) is 6.60. The molecule has 19 heavy (non-hydrogen) atoms. The molecule has 0 unspecified atom stereocenters. The van der Waals surface area contributed by atoms with Crippen LogP contribution in [0.4, 0.5) is 11.4 Å². The number of hydrogen-bond donors (Lipinski definition) is 1. The lowest BCUT2D eigenvalue weighted by Crippen LogP contribution is -2.16. The summed E-state index contributed by atoms with van der Waals surface area (Å²) in [6, 6.07) is 12.9. The highest BCUT2D eigenvalue weighted by molar-refractivity contribution is 5.53. The standard InChI is InChI=1S/C17H22N2/c1-12-7-13(2)9-16(8-12)19(4)11-15-6-5-14(3)17(18)10-15/h5-10H,11,18H2,1-4H3. The molecule has 0 heterocycles. The van der Waals surface area contributed by atoms with Crippen LogP contribution in [0.5, 0.6) is 0 Å². The quantitative estimate of drug-likeness (QED) is 0.843. The van der Waals surface area contributed by atoms with Crippen LogP contribution in [0.1, 0.15) is 22.3 Å². The van der Waals surface area contributed by atoms with Crippen molar-refractivity contribution >= 4 is 11.4 Å². The summed E-state index contributed by atoms with van der Waals surface area (Å²) in [7, 11) is 2.12. The van der Waals surface area contributed by atoms with E-state index in [1.54, 1.807) is 0 Å². The van der Waals surface area contributed by atoms with Gasteiger partial charge in [0.2, 0.25) is 0 Å². The molecule has 0 fully saturated rings. The van der Waals surface area contributed by atoms with E-state index in [2.05, 4.69) is 62.2 Å². The van der Waals surface area contributed by atoms with Gasteiger partial charge in [-0.2, -0.15) is 0 Å². The lowest BCUT2D eigenvalue weighted by atomic mass is 10.1. The summed E-state index contributed by atoms with van der Waals surface area (Å²) in [5, 5.41) is 0. The SMILES string of the molecule is Cc1cc(C)cc(N(C)Cc2ccc(C)c(N)c2)c1. The lowest BCUT2D eigenvalue weighted by Gasteiger charge is -2.21. The molecular weight excluding hydrogens is 232 g/mol. The van der Waals surface area contributed by atoms with Crippen LogP contribution in [0.25, 0.3) is 0 Å². The molecule has 0 radical (unpaired) electrons. The Kier molecular flexibility index (Phi) is 3.79. The Morgan fingerprint density at radius 3 is 2.16 bits per heavy atom. The predicted molar refractivity (Wildman–Crippen MR) is 83.6 cm³/mol. The topological polar surface area (TPSA) is 29.3 Å². The van der Waals surface area contributed by atoms with Gasteiger partial charge >= 0.3 is 0 Å². The van der Waals surface area contributed by atoms with Crippen molar-refractivity contribution in [3.8, 4) is 0 Å². The van der Waals surface area contributed by atoms with Gasteiger partial charge in [-0.05, 0) is 61.2 Å². The van der Waals surface area contributed by atoms with E-state index in [4.69, 9.17) is 5.73 Å². The minimum Gasteiger partial charge on any atom is -0.399 e. The highest BCUT2D eigenvalue weighted by Gasteiger charge is 2.04. The molecule has 0 amide bonds. The maximum absolute atomic E-state index is 5.96. The van der Waals surface area contributed by atoms with Crippen LogP contribution < -0.4 is 10.6 Å². The Bertz CT molecular complexity index is 568. The first kappa shape index (κ1) is 13.5. The minimum absolute atomic E-state index is 0.867. The second-order valence-electron chi connectivity index (χ2n) is 5.39. The molecule has 0 atom stereocenters. The van der Waals surface area contributed by atoms with Crippen LogP contribution >= 0.6 is 0 Å². The van der Waals surface area contributed by atoms with Crippen LogP contribution in [0.2, 0.25) is 0 Å². The zero-order valence-electron chi connectivity index (χ0n) is 12.2. The summed E-state index contributed by atoms with van der Waals surface area (Å²) < 4.78 is 0. The normalized spacial score (nSPS) is 10.5. The lowest BCUT2D eigenvalue weighted by molar-refractivity contribution is 0.920. The highest BCUT2D eigenvalue weighted by Crippen LogP contribution is 2.21. The van der Waals surface area contributed by atoms with E-state index in [1.807, 2.05) is 6.92 Å². The van der Waals surface area contributed by atoms with E-state index in [9.17, 15) is 0 Å². The summed E-state index contributed by atoms with van der Waals surface area (Å²) in [6.45, 7) is 7.17. The summed E-state index contributed by atoms with van der Waals surface area (Å²) in [4.78, 5) is 2.25. The fraction of sp³-hybridized carbons (Fsp3) is 0.294. The maximum atomic E-state index is 5.96. The van der Waals surface area contributed by atoms with E-state index in [0.717, 1.165) is 17.8 Å². The molecule has 0 aliphatic rings. The van der Waals surface area contributed by atoms with Gasteiger partial charge in [0.25, 0.3) is 0 Å². The molecule has 2 nitrogen and oxygen atoms in total. The smallest absolute Gasteiger partial charge is 0.0426 e. The van der Waals surface area contributed by atoms with Crippen molar-refractivity contribution in [1.29, 1.82) is 0 Å². The van der Waals surface area contributed by atoms with E-state index < -0.39 is 0 Å². The molecule has 0 bridgehead atoms. The van der Waals surface area contributed by atoms with Crippen LogP contribution in [0, 0.1) is 20.8 Å². The average molecular weight is 254 g/mol. The van der Waals surface area contributed by atoms with Gasteiger partial charge in [-0.15, -0.1) is 0 Å². The number of aryl methyl sites for hydroxylation is 3. The van der Waals surface area contributed by atoms with Crippen molar-refractivity contribution in [3.63, 3.8) is 0 Å². The Morgan fingerprint density at radius 2 is 1.58 bits per heavy atom. The number of nitrogens with two attached hydrogens (primary N) is 1. The van der Waals surface area contributed by atoms with E-state index in [-0.39, 0.29) is 0 Å². The Balaban J connectivity index is 2.20. The molecule has 0 aliphatic carbocycles. The molecule has 2 aromatic rings. The third kappa shape index (κ3) is 3.28. The van der Waals surface area contributed by atoms with Gasteiger partial charge in [0.1, 0.15) is 0 Å². The number of hydrogen-bond acceptors (Lipinski definition) is 2. The minimum atomic E-state index is 0.867. The van der Waals surface area contributed by atoms with Crippen LogP contribution in [0.15, 0.2) is 36.4 Å². The molecule has 2 N–H and O–H groups in total. The molecular formula is C17H22N2. The summed E-state index contributed by atoms with van der Waals surface area (Å²) in [6.07, 6.45) is 0.